The van der Waals surface area contributed by atoms with Crippen molar-refractivity contribution >= 4 is 11.5 Å². The SMILES string of the molecule is NC(=NO)c1ccccc1N1CCCN2CCCC2C1. The molecule has 3 N–H and O–H groups in total. The van der Waals surface area contributed by atoms with Crippen LogP contribution in [0.15, 0.2) is 29.4 Å². The highest BCUT2D eigenvalue weighted by Crippen LogP contribution is 2.27. The van der Waals surface area contributed by atoms with E-state index < -0.39 is 0 Å². The van der Waals surface area contributed by atoms with Gasteiger partial charge in [-0.1, -0.05) is 17.3 Å². The summed E-state index contributed by atoms with van der Waals surface area (Å²) in [6.45, 7) is 4.49. The normalized spacial score (nSPS) is 24.5. The number of rotatable bonds is 2. The third-order valence-electron chi connectivity index (χ3n) is 4.43. The molecule has 3 rings (SSSR count). The second kappa shape index (κ2) is 5.71. The zero-order valence-corrected chi connectivity index (χ0v) is 11.7. The van der Waals surface area contributed by atoms with Crippen LogP contribution in [0.4, 0.5) is 5.69 Å². The van der Waals surface area contributed by atoms with Crippen molar-refractivity contribution in [3.05, 3.63) is 29.8 Å². The van der Waals surface area contributed by atoms with E-state index in [0.29, 0.717) is 6.04 Å². The molecular formula is C15H22N4O. The first-order chi connectivity index (χ1) is 9.79. The van der Waals surface area contributed by atoms with Gasteiger partial charge >= 0.3 is 0 Å². The molecule has 0 bridgehead atoms. The van der Waals surface area contributed by atoms with Gasteiger partial charge in [0.1, 0.15) is 0 Å². The largest absolute Gasteiger partial charge is 0.409 e. The van der Waals surface area contributed by atoms with Gasteiger partial charge in [-0.2, -0.15) is 0 Å². The second-order valence-electron chi connectivity index (χ2n) is 5.63. The van der Waals surface area contributed by atoms with E-state index in [2.05, 4.69) is 21.0 Å². The first-order valence-electron chi connectivity index (χ1n) is 7.35. The Morgan fingerprint density at radius 2 is 2.00 bits per heavy atom. The zero-order valence-electron chi connectivity index (χ0n) is 11.7. The number of fused-ring (bicyclic) bond motifs is 1. The number of benzene rings is 1. The van der Waals surface area contributed by atoms with Crippen LogP contribution in [0.5, 0.6) is 0 Å². The van der Waals surface area contributed by atoms with E-state index in [9.17, 15) is 0 Å². The lowest BCUT2D eigenvalue weighted by Gasteiger charge is -2.28. The minimum atomic E-state index is 0.188. The molecule has 2 aliphatic rings. The predicted octanol–water partition coefficient (Wildman–Crippen LogP) is 1.46. The summed E-state index contributed by atoms with van der Waals surface area (Å²) < 4.78 is 0. The van der Waals surface area contributed by atoms with Gasteiger partial charge in [0.2, 0.25) is 0 Å². The smallest absolute Gasteiger partial charge is 0.172 e. The molecule has 20 heavy (non-hydrogen) atoms. The standard InChI is InChI=1S/C15H22N4O/c16-15(17-20)13-6-1-2-7-14(13)19-10-4-9-18-8-3-5-12(18)11-19/h1-2,6-7,12,20H,3-5,8-11H2,(H2,16,17). The van der Waals surface area contributed by atoms with E-state index in [1.165, 1.54) is 32.4 Å². The Labute approximate surface area is 119 Å². The van der Waals surface area contributed by atoms with E-state index in [1.807, 2.05) is 18.2 Å². The molecule has 2 aliphatic heterocycles. The highest BCUT2D eigenvalue weighted by molar-refractivity contribution is 6.02. The van der Waals surface area contributed by atoms with E-state index in [1.54, 1.807) is 0 Å². The summed E-state index contributed by atoms with van der Waals surface area (Å²) in [6, 6.07) is 8.58. The highest BCUT2D eigenvalue weighted by atomic mass is 16.4. The Kier molecular flexibility index (Phi) is 3.78. The van der Waals surface area contributed by atoms with E-state index in [4.69, 9.17) is 10.9 Å². The lowest BCUT2D eigenvalue weighted by atomic mass is 10.1. The minimum Gasteiger partial charge on any atom is -0.409 e. The highest BCUT2D eigenvalue weighted by Gasteiger charge is 2.29. The summed E-state index contributed by atoms with van der Waals surface area (Å²) in [5, 5.41) is 12.1. The van der Waals surface area contributed by atoms with Crippen molar-refractivity contribution in [2.45, 2.75) is 25.3 Å². The van der Waals surface area contributed by atoms with Gasteiger partial charge in [0.25, 0.3) is 0 Å². The molecule has 0 radical (unpaired) electrons. The number of hydrogen-bond donors (Lipinski definition) is 2. The number of oxime groups is 1. The first kappa shape index (κ1) is 13.2. The summed E-state index contributed by atoms with van der Waals surface area (Å²) in [7, 11) is 0. The zero-order chi connectivity index (χ0) is 13.9. The Balaban J connectivity index is 1.88. The molecule has 1 aromatic carbocycles. The quantitative estimate of drug-likeness (QED) is 0.371. The van der Waals surface area contributed by atoms with Gasteiger partial charge in [-0.3, -0.25) is 4.90 Å². The summed E-state index contributed by atoms with van der Waals surface area (Å²) in [5.41, 5.74) is 7.71. The molecular weight excluding hydrogens is 252 g/mol. The second-order valence-corrected chi connectivity index (χ2v) is 5.63. The molecule has 1 aromatic rings. The van der Waals surface area contributed by atoms with Crippen molar-refractivity contribution in [3.63, 3.8) is 0 Å². The van der Waals surface area contributed by atoms with Gasteiger partial charge in [-0.05, 0) is 37.9 Å². The van der Waals surface area contributed by atoms with Gasteiger partial charge in [-0.15, -0.1) is 0 Å². The molecule has 5 nitrogen and oxygen atoms in total. The van der Waals surface area contributed by atoms with Gasteiger partial charge in [0.15, 0.2) is 5.84 Å². The molecule has 108 valence electrons. The predicted molar refractivity (Wildman–Crippen MR) is 80.4 cm³/mol. The maximum absolute atomic E-state index is 8.95. The van der Waals surface area contributed by atoms with Crippen LogP contribution in [0, 0.1) is 0 Å². The van der Waals surface area contributed by atoms with E-state index >= 15 is 0 Å². The van der Waals surface area contributed by atoms with E-state index in [0.717, 1.165) is 24.3 Å². The topological polar surface area (TPSA) is 65.1 Å². The van der Waals surface area contributed by atoms with Crippen molar-refractivity contribution in [3.8, 4) is 0 Å². The maximum atomic E-state index is 8.95. The van der Waals surface area contributed by atoms with Crippen LogP contribution in [0.3, 0.4) is 0 Å². The Bertz CT molecular complexity index is 502. The van der Waals surface area contributed by atoms with Crippen LogP contribution in [0.25, 0.3) is 0 Å². The Morgan fingerprint density at radius 1 is 1.20 bits per heavy atom. The number of nitrogens with zero attached hydrogens (tertiary/aromatic N) is 3. The third-order valence-corrected chi connectivity index (χ3v) is 4.43. The number of hydrogen-bond acceptors (Lipinski definition) is 4. The molecule has 0 saturated carbocycles. The van der Waals surface area contributed by atoms with Crippen LogP contribution >= 0.6 is 0 Å². The molecule has 0 spiro atoms. The molecule has 5 heteroatoms. The molecule has 2 fully saturated rings. The minimum absolute atomic E-state index is 0.188. The third kappa shape index (κ3) is 2.45. The number of amidine groups is 1. The van der Waals surface area contributed by atoms with Crippen LogP contribution < -0.4 is 10.6 Å². The first-order valence-corrected chi connectivity index (χ1v) is 7.35. The van der Waals surface area contributed by atoms with Crippen LogP contribution in [-0.4, -0.2) is 48.2 Å². The molecule has 2 heterocycles. The van der Waals surface area contributed by atoms with Crippen molar-refractivity contribution < 1.29 is 5.21 Å². The summed E-state index contributed by atoms with van der Waals surface area (Å²) in [6.07, 6.45) is 3.75. The molecule has 1 atom stereocenters. The molecule has 1 unspecified atom stereocenters. The van der Waals surface area contributed by atoms with Crippen molar-refractivity contribution in [2.24, 2.45) is 10.9 Å². The van der Waals surface area contributed by atoms with Crippen molar-refractivity contribution in [1.29, 1.82) is 0 Å². The number of nitrogens with two attached hydrogens (primary N) is 1. The van der Waals surface area contributed by atoms with Gasteiger partial charge < -0.3 is 15.8 Å². The van der Waals surface area contributed by atoms with Gasteiger partial charge in [-0.25, -0.2) is 0 Å². The van der Waals surface area contributed by atoms with Crippen molar-refractivity contribution in [2.75, 3.05) is 31.1 Å². The summed E-state index contributed by atoms with van der Waals surface area (Å²) in [5.74, 6) is 0.188. The Morgan fingerprint density at radius 3 is 2.85 bits per heavy atom. The van der Waals surface area contributed by atoms with Crippen LogP contribution in [-0.2, 0) is 0 Å². The fraction of sp³-hybridized carbons (Fsp3) is 0.533. The maximum Gasteiger partial charge on any atom is 0.172 e. The van der Waals surface area contributed by atoms with E-state index in [-0.39, 0.29) is 5.84 Å². The lowest BCUT2D eigenvalue weighted by Crippen LogP contribution is -2.37. The molecule has 0 aliphatic carbocycles. The average Bonchev–Trinajstić information content (AvgIpc) is 2.83. The number of anilines is 1. The van der Waals surface area contributed by atoms with Crippen LogP contribution in [0.1, 0.15) is 24.8 Å². The monoisotopic (exact) mass is 274 g/mol. The summed E-state index contributed by atoms with van der Waals surface area (Å²) >= 11 is 0. The fourth-order valence-electron chi connectivity index (χ4n) is 3.45. The molecule has 2 saturated heterocycles. The average molecular weight is 274 g/mol. The van der Waals surface area contributed by atoms with Gasteiger partial charge in [0, 0.05) is 36.9 Å². The molecule has 0 amide bonds. The van der Waals surface area contributed by atoms with Crippen LogP contribution in [0.2, 0.25) is 0 Å². The lowest BCUT2D eigenvalue weighted by molar-refractivity contribution is 0.273. The number of para-hydroxylation sites is 1. The fourth-order valence-corrected chi connectivity index (χ4v) is 3.45. The summed E-state index contributed by atoms with van der Waals surface area (Å²) in [4.78, 5) is 5.00. The van der Waals surface area contributed by atoms with Gasteiger partial charge in [0.05, 0.1) is 0 Å². The Hall–Kier alpha value is -1.75. The van der Waals surface area contributed by atoms with Crippen molar-refractivity contribution in [1.82, 2.24) is 4.90 Å². The molecule has 0 aromatic heterocycles.